The van der Waals surface area contributed by atoms with Crippen molar-refractivity contribution >= 4 is 21.6 Å². The van der Waals surface area contributed by atoms with E-state index in [1.807, 2.05) is 0 Å². The summed E-state index contributed by atoms with van der Waals surface area (Å²) < 4.78 is 41.1. The van der Waals surface area contributed by atoms with Gasteiger partial charge >= 0.3 is 0 Å². The Bertz CT molecular complexity index is 878. The van der Waals surface area contributed by atoms with E-state index in [0.717, 1.165) is 0 Å². The normalized spacial score (nSPS) is 21.1. The third-order valence-corrected chi connectivity index (χ3v) is 7.11. The molecule has 1 N–H and O–H groups in total. The lowest BCUT2D eigenvalue weighted by Crippen LogP contribution is -2.40. The third kappa shape index (κ3) is 3.93. The van der Waals surface area contributed by atoms with Crippen molar-refractivity contribution in [3.05, 3.63) is 53.3 Å². The molecule has 0 atom stereocenters. The average molecular weight is 398 g/mol. The Morgan fingerprint density at radius 3 is 2.27 bits per heavy atom. The molecule has 0 aromatic heterocycles. The van der Waals surface area contributed by atoms with Gasteiger partial charge in [0.1, 0.15) is 5.82 Å². The fourth-order valence-electron chi connectivity index (χ4n) is 3.31. The second-order valence-corrected chi connectivity index (χ2v) is 9.07. The summed E-state index contributed by atoms with van der Waals surface area (Å²) in [6.45, 7) is 0. The topological polar surface area (TPSA) is 57.6 Å². The number of benzene rings is 2. The van der Waals surface area contributed by atoms with Gasteiger partial charge < -0.3 is 5.11 Å². The maximum absolute atomic E-state index is 14.0. The molecule has 0 bridgehead atoms. The average Bonchev–Trinajstić information content (AvgIpc) is 2.62. The molecule has 1 aliphatic carbocycles. The van der Waals surface area contributed by atoms with Crippen molar-refractivity contribution in [3.63, 3.8) is 0 Å². The Labute approximate surface area is 158 Å². The van der Waals surface area contributed by atoms with Gasteiger partial charge in [0.2, 0.25) is 10.0 Å². The summed E-state index contributed by atoms with van der Waals surface area (Å²) in [7, 11) is -2.06. The number of halogens is 2. The summed E-state index contributed by atoms with van der Waals surface area (Å²) in [5.41, 5.74) is 0.953. The molecule has 26 heavy (non-hydrogen) atoms. The Hall–Kier alpha value is -1.47. The van der Waals surface area contributed by atoms with E-state index in [9.17, 15) is 17.9 Å². The van der Waals surface area contributed by atoms with Crippen LogP contribution in [0.1, 0.15) is 25.7 Å². The van der Waals surface area contributed by atoms with Gasteiger partial charge in [0.25, 0.3) is 0 Å². The molecule has 0 aliphatic heterocycles. The second kappa shape index (κ2) is 7.64. The van der Waals surface area contributed by atoms with Crippen molar-refractivity contribution in [3.8, 4) is 11.1 Å². The molecule has 1 saturated carbocycles. The van der Waals surface area contributed by atoms with Crippen LogP contribution in [-0.4, -0.2) is 37.0 Å². The first-order valence-corrected chi connectivity index (χ1v) is 10.3. The number of nitrogens with zero attached hydrogens (tertiary/aromatic N) is 1. The van der Waals surface area contributed by atoms with Crippen LogP contribution >= 0.6 is 11.6 Å². The van der Waals surface area contributed by atoms with Gasteiger partial charge in [-0.1, -0.05) is 23.7 Å². The maximum Gasteiger partial charge on any atom is 0.243 e. The van der Waals surface area contributed by atoms with Gasteiger partial charge in [-0.2, -0.15) is 4.31 Å². The van der Waals surface area contributed by atoms with Gasteiger partial charge in [-0.3, -0.25) is 0 Å². The highest BCUT2D eigenvalue weighted by Crippen LogP contribution is 2.29. The van der Waals surface area contributed by atoms with Crippen LogP contribution in [0.2, 0.25) is 5.02 Å². The van der Waals surface area contributed by atoms with Crippen LogP contribution < -0.4 is 0 Å². The highest BCUT2D eigenvalue weighted by atomic mass is 35.5. The number of hydrogen-bond donors (Lipinski definition) is 1. The molecule has 0 spiro atoms. The van der Waals surface area contributed by atoms with Gasteiger partial charge in [-0.15, -0.1) is 0 Å². The van der Waals surface area contributed by atoms with Crippen molar-refractivity contribution in [1.29, 1.82) is 0 Å². The van der Waals surface area contributed by atoms with Crippen LogP contribution in [-0.2, 0) is 10.0 Å². The van der Waals surface area contributed by atoms with Crippen molar-refractivity contribution in [2.75, 3.05) is 7.05 Å². The van der Waals surface area contributed by atoms with Gasteiger partial charge in [-0.25, -0.2) is 12.8 Å². The fourth-order valence-corrected chi connectivity index (χ4v) is 4.89. The highest BCUT2D eigenvalue weighted by Gasteiger charge is 2.31. The molecule has 1 fully saturated rings. The second-order valence-electron chi connectivity index (χ2n) is 6.63. The quantitative estimate of drug-likeness (QED) is 0.846. The summed E-state index contributed by atoms with van der Waals surface area (Å²) in [4.78, 5) is 0.171. The van der Waals surface area contributed by atoms with Crippen molar-refractivity contribution in [2.24, 2.45) is 0 Å². The zero-order valence-corrected chi connectivity index (χ0v) is 16.0. The molecule has 2 aromatic rings. The highest BCUT2D eigenvalue weighted by molar-refractivity contribution is 7.89. The SMILES string of the molecule is CN(C1CCC(O)CC1)S(=O)(=O)c1ccc(-c2ccc(Cl)cc2F)cc1. The number of aliphatic hydroxyl groups excluding tert-OH is 1. The molecule has 7 heteroatoms. The van der Waals surface area contributed by atoms with Gasteiger partial charge in [-0.05, 0) is 61.6 Å². The van der Waals surface area contributed by atoms with E-state index in [4.69, 9.17) is 11.6 Å². The minimum atomic E-state index is -3.64. The fraction of sp³-hybridized carbons (Fsp3) is 0.368. The van der Waals surface area contributed by atoms with Gasteiger partial charge in [0, 0.05) is 23.7 Å². The van der Waals surface area contributed by atoms with E-state index < -0.39 is 15.8 Å². The van der Waals surface area contributed by atoms with Crippen LogP contribution in [0.4, 0.5) is 4.39 Å². The van der Waals surface area contributed by atoms with Crippen LogP contribution in [0.25, 0.3) is 11.1 Å². The zero-order chi connectivity index (χ0) is 18.9. The Balaban J connectivity index is 1.82. The van der Waals surface area contributed by atoms with E-state index >= 15 is 0 Å². The Kier molecular flexibility index (Phi) is 5.67. The van der Waals surface area contributed by atoms with E-state index in [0.29, 0.717) is 41.8 Å². The van der Waals surface area contributed by atoms with Crippen molar-refractivity contribution in [2.45, 2.75) is 42.7 Å². The number of hydrogen-bond acceptors (Lipinski definition) is 3. The van der Waals surface area contributed by atoms with Crippen LogP contribution in [0.5, 0.6) is 0 Å². The lowest BCUT2D eigenvalue weighted by molar-refractivity contribution is 0.104. The number of aliphatic hydroxyl groups is 1. The first-order valence-electron chi connectivity index (χ1n) is 8.50. The number of rotatable bonds is 4. The maximum atomic E-state index is 14.0. The van der Waals surface area contributed by atoms with Gasteiger partial charge in [0.05, 0.1) is 11.0 Å². The summed E-state index contributed by atoms with van der Waals surface area (Å²) >= 11 is 5.77. The minimum absolute atomic E-state index is 0.114. The Morgan fingerprint density at radius 1 is 1.08 bits per heavy atom. The monoisotopic (exact) mass is 397 g/mol. The van der Waals surface area contributed by atoms with Crippen molar-refractivity contribution in [1.82, 2.24) is 4.31 Å². The standard InChI is InChI=1S/C19H21ClFNO3S/c1-22(15-5-7-16(23)8-6-15)26(24,25)17-9-2-13(3-10-17)18-11-4-14(20)12-19(18)21/h2-4,9-12,15-16,23H,5-8H2,1H3. The number of sulfonamides is 1. The van der Waals surface area contributed by atoms with Gasteiger partial charge in [0.15, 0.2) is 0 Å². The molecule has 1 aliphatic rings. The molecule has 3 rings (SSSR count). The van der Waals surface area contributed by atoms with E-state index in [-0.39, 0.29) is 17.0 Å². The van der Waals surface area contributed by atoms with E-state index in [2.05, 4.69) is 0 Å². The molecule has 140 valence electrons. The van der Waals surface area contributed by atoms with Crippen LogP contribution in [0.15, 0.2) is 47.4 Å². The summed E-state index contributed by atoms with van der Waals surface area (Å²) in [5, 5.41) is 9.91. The molecular formula is C19H21ClFNO3S. The molecule has 2 aromatic carbocycles. The molecule has 0 unspecified atom stereocenters. The molecule has 4 nitrogen and oxygen atoms in total. The van der Waals surface area contributed by atoms with Crippen LogP contribution in [0.3, 0.4) is 0 Å². The first kappa shape index (κ1) is 19.3. The largest absolute Gasteiger partial charge is 0.393 e. The molecular weight excluding hydrogens is 377 g/mol. The van der Waals surface area contributed by atoms with E-state index in [1.165, 1.54) is 22.5 Å². The smallest absolute Gasteiger partial charge is 0.243 e. The predicted molar refractivity (Wildman–Crippen MR) is 100 cm³/mol. The summed E-state index contributed by atoms with van der Waals surface area (Å²) in [6.07, 6.45) is 2.17. The Morgan fingerprint density at radius 2 is 1.69 bits per heavy atom. The third-order valence-electron chi connectivity index (χ3n) is 4.95. The molecule has 0 saturated heterocycles. The zero-order valence-electron chi connectivity index (χ0n) is 14.4. The lowest BCUT2D eigenvalue weighted by atomic mass is 9.93. The minimum Gasteiger partial charge on any atom is -0.393 e. The lowest BCUT2D eigenvalue weighted by Gasteiger charge is -2.32. The molecule has 0 amide bonds. The summed E-state index contributed by atoms with van der Waals surface area (Å²) in [6, 6.07) is 10.5. The summed E-state index contributed by atoms with van der Waals surface area (Å²) in [5.74, 6) is -0.453. The van der Waals surface area contributed by atoms with Crippen LogP contribution in [0, 0.1) is 5.82 Å². The first-order chi connectivity index (χ1) is 12.3. The van der Waals surface area contributed by atoms with Crippen molar-refractivity contribution < 1.29 is 17.9 Å². The predicted octanol–water partition coefficient (Wildman–Crippen LogP) is 4.07. The van der Waals surface area contributed by atoms with E-state index in [1.54, 1.807) is 31.3 Å². The molecule has 0 heterocycles. The molecule has 0 radical (unpaired) electrons.